The molecule has 1 rings (SSSR count). The van der Waals surface area contributed by atoms with Gasteiger partial charge in [0.25, 0.3) is 0 Å². The number of methoxy groups -OCH3 is 2. The predicted molar refractivity (Wildman–Crippen MR) is 49.2 cm³/mol. The van der Waals surface area contributed by atoms with Gasteiger partial charge in [0.05, 0.1) is 14.2 Å². The number of rotatable bonds is 3. The Labute approximate surface area is 77.3 Å². The van der Waals surface area contributed by atoms with Crippen molar-refractivity contribution < 1.29 is 14.3 Å². The predicted octanol–water partition coefficient (Wildman–Crippen LogP) is 1.72. The number of carbonyl (C=O) groups excluding carboxylic acids is 1. The number of hydrogen-bond acceptors (Lipinski definition) is 3. The van der Waals surface area contributed by atoms with E-state index in [1.165, 1.54) is 7.11 Å². The molecule has 0 unspecified atom stereocenters. The fourth-order valence-electron chi connectivity index (χ4n) is 1.01. The molecule has 0 N–H and O–H groups in total. The lowest BCUT2D eigenvalue weighted by Crippen LogP contribution is -1.95. The molecule has 1 aromatic carbocycles. The summed E-state index contributed by atoms with van der Waals surface area (Å²) in [6, 6.07) is 4.93. The zero-order chi connectivity index (χ0) is 9.84. The van der Waals surface area contributed by atoms with Crippen LogP contribution in [0.15, 0.2) is 18.2 Å². The molecule has 0 aliphatic heterocycles. The summed E-state index contributed by atoms with van der Waals surface area (Å²) in [5, 5.41) is 0. The Balaban J connectivity index is 3.13. The van der Waals surface area contributed by atoms with Gasteiger partial charge in [0.1, 0.15) is 0 Å². The van der Waals surface area contributed by atoms with Gasteiger partial charge in [0, 0.05) is 12.5 Å². The Kier molecular flexibility index (Phi) is 2.90. The average molecular weight is 179 g/mol. The molecule has 0 amide bonds. The highest BCUT2D eigenvalue weighted by atomic mass is 16.5. The first-order valence-corrected chi connectivity index (χ1v) is 3.77. The molecule has 0 aliphatic carbocycles. The summed E-state index contributed by atoms with van der Waals surface area (Å²) in [7, 11) is 3.07. The molecular formula is C10H11O3. The minimum atomic E-state index is -0.235. The van der Waals surface area contributed by atoms with Crippen LogP contribution in [-0.4, -0.2) is 20.0 Å². The lowest BCUT2D eigenvalue weighted by atomic mass is 10.1. The summed E-state index contributed by atoms with van der Waals surface area (Å²) in [5.41, 5.74) is 0.512. The van der Waals surface area contributed by atoms with Crippen molar-refractivity contribution in [3.8, 4) is 11.5 Å². The second-order valence-corrected chi connectivity index (χ2v) is 2.49. The van der Waals surface area contributed by atoms with Gasteiger partial charge in [-0.25, -0.2) is 0 Å². The van der Waals surface area contributed by atoms with Crippen LogP contribution in [0.5, 0.6) is 11.5 Å². The van der Waals surface area contributed by atoms with Gasteiger partial charge in [0.15, 0.2) is 17.3 Å². The molecule has 0 aromatic heterocycles. The third kappa shape index (κ3) is 1.99. The van der Waals surface area contributed by atoms with Gasteiger partial charge in [-0.2, -0.15) is 0 Å². The molecule has 0 spiro atoms. The van der Waals surface area contributed by atoms with Gasteiger partial charge < -0.3 is 9.47 Å². The van der Waals surface area contributed by atoms with Gasteiger partial charge in [-0.15, -0.1) is 0 Å². The van der Waals surface area contributed by atoms with E-state index in [0.717, 1.165) is 0 Å². The van der Waals surface area contributed by atoms with E-state index < -0.39 is 0 Å². The van der Waals surface area contributed by atoms with Gasteiger partial charge in [-0.3, -0.25) is 4.79 Å². The number of benzene rings is 1. The summed E-state index contributed by atoms with van der Waals surface area (Å²) >= 11 is 0. The molecule has 69 valence electrons. The van der Waals surface area contributed by atoms with Gasteiger partial charge in [-0.05, 0) is 18.2 Å². The summed E-state index contributed by atoms with van der Waals surface area (Å²) in [6.45, 7) is 3.30. The molecule has 1 radical (unpaired) electrons. The molecule has 0 aliphatic rings. The molecule has 13 heavy (non-hydrogen) atoms. The highest BCUT2D eigenvalue weighted by Gasteiger charge is 2.06. The highest BCUT2D eigenvalue weighted by Crippen LogP contribution is 2.27. The van der Waals surface area contributed by atoms with Crippen LogP contribution in [0.3, 0.4) is 0 Å². The Morgan fingerprint density at radius 1 is 1.23 bits per heavy atom. The van der Waals surface area contributed by atoms with Crippen LogP contribution in [-0.2, 0) is 0 Å². The maximum Gasteiger partial charge on any atom is 0.163 e. The first-order chi connectivity index (χ1) is 6.19. The van der Waals surface area contributed by atoms with Crippen LogP contribution in [0.4, 0.5) is 0 Å². The molecular weight excluding hydrogens is 168 g/mol. The van der Waals surface area contributed by atoms with Crippen molar-refractivity contribution in [3.05, 3.63) is 30.7 Å². The third-order valence-corrected chi connectivity index (χ3v) is 1.71. The topological polar surface area (TPSA) is 35.5 Å². The monoisotopic (exact) mass is 179 g/mol. The second kappa shape index (κ2) is 3.94. The summed E-state index contributed by atoms with van der Waals surface area (Å²) in [6.07, 6.45) is 0. The molecule has 0 heterocycles. The number of Topliss-reactive ketones (excluding diaryl/α,β-unsaturated/α-hetero) is 1. The zero-order valence-corrected chi connectivity index (χ0v) is 7.66. The van der Waals surface area contributed by atoms with Crippen molar-refractivity contribution in [1.29, 1.82) is 0 Å². The van der Waals surface area contributed by atoms with Crippen LogP contribution in [0.2, 0.25) is 0 Å². The molecule has 0 atom stereocenters. The maximum atomic E-state index is 10.9. The molecule has 0 saturated heterocycles. The normalized spacial score (nSPS) is 9.46. The van der Waals surface area contributed by atoms with Crippen molar-refractivity contribution in [3.63, 3.8) is 0 Å². The van der Waals surface area contributed by atoms with Crippen LogP contribution >= 0.6 is 0 Å². The van der Waals surface area contributed by atoms with Crippen molar-refractivity contribution in [2.75, 3.05) is 14.2 Å². The summed E-state index contributed by atoms with van der Waals surface area (Å²) in [4.78, 5) is 10.9. The summed E-state index contributed by atoms with van der Waals surface area (Å²) in [5.74, 6) is 0.908. The molecule has 0 fully saturated rings. The number of hydrogen-bond donors (Lipinski definition) is 0. The first kappa shape index (κ1) is 9.58. The van der Waals surface area contributed by atoms with Crippen LogP contribution in [0, 0.1) is 6.92 Å². The van der Waals surface area contributed by atoms with Crippen molar-refractivity contribution >= 4 is 5.78 Å². The standard InChI is InChI=1S/C10H11O3/c1-7(11)8-4-5-9(12-2)10(6-8)13-3/h4-6H,1H2,2-3H3. The fraction of sp³-hybridized carbons (Fsp3) is 0.200. The second-order valence-electron chi connectivity index (χ2n) is 2.49. The molecule has 3 heteroatoms. The van der Waals surface area contributed by atoms with E-state index in [1.807, 2.05) is 0 Å². The SMILES string of the molecule is [CH2]C(=O)c1ccc(OC)c(OC)c1. The lowest BCUT2D eigenvalue weighted by molar-refractivity contribution is 0.104. The first-order valence-electron chi connectivity index (χ1n) is 3.77. The molecule has 0 bridgehead atoms. The minimum absolute atomic E-state index is 0.235. The zero-order valence-electron chi connectivity index (χ0n) is 7.66. The van der Waals surface area contributed by atoms with Crippen molar-refractivity contribution in [2.45, 2.75) is 0 Å². The lowest BCUT2D eigenvalue weighted by Gasteiger charge is -2.07. The number of ether oxygens (including phenoxy) is 2. The van der Waals surface area contributed by atoms with Crippen LogP contribution in [0.25, 0.3) is 0 Å². The van der Waals surface area contributed by atoms with Crippen LogP contribution in [0.1, 0.15) is 10.4 Å². The van der Waals surface area contributed by atoms with E-state index in [-0.39, 0.29) is 5.78 Å². The van der Waals surface area contributed by atoms with Crippen molar-refractivity contribution in [2.24, 2.45) is 0 Å². The molecule has 0 saturated carbocycles. The largest absolute Gasteiger partial charge is 0.493 e. The fourth-order valence-corrected chi connectivity index (χ4v) is 1.01. The Hall–Kier alpha value is -1.51. The van der Waals surface area contributed by atoms with E-state index in [9.17, 15) is 4.79 Å². The quantitative estimate of drug-likeness (QED) is 0.663. The summed E-state index contributed by atoms with van der Waals surface area (Å²) < 4.78 is 10.0. The number of ketones is 1. The Morgan fingerprint density at radius 3 is 2.31 bits per heavy atom. The molecule has 3 nitrogen and oxygen atoms in total. The minimum Gasteiger partial charge on any atom is -0.493 e. The van der Waals surface area contributed by atoms with Gasteiger partial charge >= 0.3 is 0 Å². The van der Waals surface area contributed by atoms with E-state index in [4.69, 9.17) is 9.47 Å². The van der Waals surface area contributed by atoms with E-state index in [0.29, 0.717) is 17.1 Å². The smallest absolute Gasteiger partial charge is 0.163 e. The number of carbonyl (C=O) groups is 1. The van der Waals surface area contributed by atoms with E-state index in [1.54, 1.807) is 25.3 Å². The average Bonchev–Trinajstić information content (AvgIpc) is 2.16. The Morgan fingerprint density at radius 2 is 1.85 bits per heavy atom. The van der Waals surface area contributed by atoms with E-state index in [2.05, 4.69) is 6.92 Å². The van der Waals surface area contributed by atoms with Crippen molar-refractivity contribution in [1.82, 2.24) is 0 Å². The third-order valence-electron chi connectivity index (χ3n) is 1.71. The van der Waals surface area contributed by atoms with E-state index >= 15 is 0 Å². The maximum absolute atomic E-state index is 10.9. The molecule has 1 aromatic rings. The van der Waals surface area contributed by atoms with Gasteiger partial charge in [0.2, 0.25) is 0 Å². The van der Waals surface area contributed by atoms with Gasteiger partial charge in [-0.1, -0.05) is 0 Å². The highest BCUT2D eigenvalue weighted by molar-refractivity contribution is 5.99. The Bertz CT molecular complexity index is 318. The van der Waals surface area contributed by atoms with Crippen LogP contribution < -0.4 is 9.47 Å².